The Kier molecular flexibility index (Phi) is 4.62. The van der Waals surface area contributed by atoms with E-state index >= 15 is 0 Å². The van der Waals surface area contributed by atoms with Crippen LogP contribution in [0.1, 0.15) is 41.7 Å². The molecule has 116 valence electrons. The third-order valence-corrected chi connectivity index (χ3v) is 4.66. The molecule has 1 aliphatic rings. The summed E-state index contributed by atoms with van der Waals surface area (Å²) in [6, 6.07) is 14.8. The van der Waals surface area contributed by atoms with Gasteiger partial charge in [-0.05, 0) is 49.8 Å². The van der Waals surface area contributed by atoms with Crippen LogP contribution in [0.4, 0.5) is 0 Å². The topological polar surface area (TPSA) is 25.2 Å². The van der Waals surface area contributed by atoms with E-state index < -0.39 is 0 Å². The van der Waals surface area contributed by atoms with Crippen molar-refractivity contribution in [3.05, 3.63) is 59.9 Å². The Balaban J connectivity index is 1.69. The number of piperidine rings is 1. The maximum Gasteiger partial charge on any atom is 0.270 e. The highest BCUT2D eigenvalue weighted by atomic mass is 16.2. The molecule has 2 aromatic rings. The zero-order chi connectivity index (χ0) is 15.4. The number of amides is 1. The average Bonchev–Trinajstić information content (AvgIpc) is 2.99. The monoisotopic (exact) mass is 296 g/mol. The van der Waals surface area contributed by atoms with Gasteiger partial charge in [0.05, 0.1) is 0 Å². The number of rotatable bonds is 4. The van der Waals surface area contributed by atoms with Crippen LogP contribution >= 0.6 is 0 Å². The summed E-state index contributed by atoms with van der Waals surface area (Å²) in [5.74, 6) is 0.185. The van der Waals surface area contributed by atoms with Crippen molar-refractivity contribution in [3.8, 4) is 0 Å². The standard InChI is InChI=1S/C19H24N2O/c1-20-14-7-11-18(20)19(22)21-15-6-5-10-17(21)13-12-16-8-3-2-4-9-16/h2-4,7-9,11,14,17H,5-6,10,12-13,15H2,1H3/t17-/m1/s1. The molecule has 1 aromatic carbocycles. The van der Waals surface area contributed by atoms with Gasteiger partial charge in [-0.25, -0.2) is 0 Å². The van der Waals surface area contributed by atoms with E-state index in [1.165, 1.54) is 12.0 Å². The molecule has 1 atom stereocenters. The van der Waals surface area contributed by atoms with Crippen molar-refractivity contribution >= 4 is 5.91 Å². The van der Waals surface area contributed by atoms with Gasteiger partial charge in [-0.3, -0.25) is 4.79 Å². The van der Waals surface area contributed by atoms with E-state index in [1.807, 2.05) is 29.9 Å². The van der Waals surface area contributed by atoms with Crippen LogP contribution in [-0.4, -0.2) is 28.0 Å². The summed E-state index contributed by atoms with van der Waals surface area (Å²) in [7, 11) is 1.94. The Morgan fingerprint density at radius 2 is 1.95 bits per heavy atom. The second-order valence-electron chi connectivity index (χ2n) is 6.18. The molecule has 3 rings (SSSR count). The molecule has 0 aliphatic carbocycles. The van der Waals surface area contributed by atoms with Crippen molar-refractivity contribution in [1.82, 2.24) is 9.47 Å². The molecule has 0 unspecified atom stereocenters. The van der Waals surface area contributed by atoms with Gasteiger partial charge in [0.25, 0.3) is 5.91 Å². The number of hydrogen-bond donors (Lipinski definition) is 0. The first-order chi connectivity index (χ1) is 10.8. The van der Waals surface area contributed by atoms with Crippen molar-refractivity contribution < 1.29 is 4.79 Å². The molecule has 1 amide bonds. The molecule has 1 fully saturated rings. The first-order valence-electron chi connectivity index (χ1n) is 8.22. The lowest BCUT2D eigenvalue weighted by Gasteiger charge is -2.36. The summed E-state index contributed by atoms with van der Waals surface area (Å²) in [6.45, 7) is 0.892. The molecular weight excluding hydrogens is 272 g/mol. The lowest BCUT2D eigenvalue weighted by Crippen LogP contribution is -2.44. The maximum atomic E-state index is 12.8. The number of benzene rings is 1. The largest absolute Gasteiger partial charge is 0.347 e. The molecule has 2 heterocycles. The predicted molar refractivity (Wildman–Crippen MR) is 88.9 cm³/mol. The number of hydrogen-bond acceptors (Lipinski definition) is 1. The van der Waals surface area contributed by atoms with E-state index in [2.05, 4.69) is 35.2 Å². The van der Waals surface area contributed by atoms with Gasteiger partial charge in [0.2, 0.25) is 0 Å². The van der Waals surface area contributed by atoms with Crippen molar-refractivity contribution in [3.63, 3.8) is 0 Å². The Morgan fingerprint density at radius 1 is 1.14 bits per heavy atom. The van der Waals surface area contributed by atoms with Crippen LogP contribution in [0.25, 0.3) is 0 Å². The molecular formula is C19H24N2O. The molecule has 0 N–H and O–H groups in total. The fourth-order valence-electron chi connectivity index (χ4n) is 3.38. The van der Waals surface area contributed by atoms with E-state index in [9.17, 15) is 4.79 Å². The Morgan fingerprint density at radius 3 is 2.68 bits per heavy atom. The molecule has 0 spiro atoms. The van der Waals surface area contributed by atoms with Crippen molar-refractivity contribution in [2.24, 2.45) is 7.05 Å². The maximum absolute atomic E-state index is 12.8. The number of aryl methyl sites for hydroxylation is 2. The van der Waals surface area contributed by atoms with Crippen LogP contribution in [0.2, 0.25) is 0 Å². The zero-order valence-corrected chi connectivity index (χ0v) is 13.2. The zero-order valence-electron chi connectivity index (χ0n) is 13.2. The van der Waals surface area contributed by atoms with Crippen molar-refractivity contribution in [2.75, 3.05) is 6.54 Å². The van der Waals surface area contributed by atoms with Crippen LogP contribution < -0.4 is 0 Å². The Bertz CT molecular complexity index is 617. The smallest absolute Gasteiger partial charge is 0.270 e. The summed E-state index contributed by atoms with van der Waals surface area (Å²) >= 11 is 0. The van der Waals surface area contributed by atoms with Gasteiger partial charge in [0, 0.05) is 25.8 Å². The second kappa shape index (κ2) is 6.82. The van der Waals surface area contributed by atoms with Crippen LogP contribution in [0.15, 0.2) is 48.7 Å². The molecule has 0 saturated carbocycles. The van der Waals surface area contributed by atoms with Crippen LogP contribution in [0.3, 0.4) is 0 Å². The van der Waals surface area contributed by atoms with Gasteiger partial charge in [-0.15, -0.1) is 0 Å². The van der Waals surface area contributed by atoms with Crippen molar-refractivity contribution in [2.45, 2.75) is 38.1 Å². The van der Waals surface area contributed by atoms with Crippen LogP contribution in [-0.2, 0) is 13.5 Å². The van der Waals surface area contributed by atoms with Gasteiger partial charge < -0.3 is 9.47 Å². The Hall–Kier alpha value is -2.03. The van der Waals surface area contributed by atoms with E-state index in [4.69, 9.17) is 0 Å². The number of carbonyl (C=O) groups is 1. The van der Waals surface area contributed by atoms with E-state index in [0.29, 0.717) is 6.04 Å². The van der Waals surface area contributed by atoms with Gasteiger partial charge >= 0.3 is 0 Å². The van der Waals surface area contributed by atoms with Gasteiger partial charge in [-0.1, -0.05) is 30.3 Å². The minimum Gasteiger partial charge on any atom is -0.347 e. The SMILES string of the molecule is Cn1cccc1C(=O)N1CCCC[C@@H]1CCc1ccccc1. The molecule has 1 saturated heterocycles. The fourth-order valence-corrected chi connectivity index (χ4v) is 3.38. The van der Waals surface area contributed by atoms with Crippen LogP contribution in [0, 0.1) is 0 Å². The minimum atomic E-state index is 0.185. The molecule has 22 heavy (non-hydrogen) atoms. The first-order valence-corrected chi connectivity index (χ1v) is 8.22. The van der Waals surface area contributed by atoms with E-state index in [1.54, 1.807) is 0 Å². The second-order valence-corrected chi connectivity index (χ2v) is 6.18. The fraction of sp³-hybridized carbons (Fsp3) is 0.421. The summed E-state index contributed by atoms with van der Waals surface area (Å²) in [5, 5.41) is 0. The van der Waals surface area contributed by atoms with Gasteiger partial charge in [0.1, 0.15) is 5.69 Å². The molecule has 1 aromatic heterocycles. The summed E-state index contributed by atoms with van der Waals surface area (Å²) < 4.78 is 1.92. The number of aromatic nitrogens is 1. The first kappa shape index (κ1) is 14.9. The van der Waals surface area contributed by atoms with Crippen molar-refractivity contribution in [1.29, 1.82) is 0 Å². The molecule has 0 bridgehead atoms. The van der Waals surface area contributed by atoms with Gasteiger partial charge in [-0.2, -0.15) is 0 Å². The van der Waals surface area contributed by atoms with E-state index in [0.717, 1.165) is 37.9 Å². The summed E-state index contributed by atoms with van der Waals surface area (Å²) in [6.07, 6.45) is 7.52. The lowest BCUT2D eigenvalue weighted by atomic mass is 9.95. The highest BCUT2D eigenvalue weighted by Gasteiger charge is 2.28. The number of likely N-dealkylation sites (tertiary alicyclic amines) is 1. The predicted octanol–water partition coefficient (Wildman–Crippen LogP) is 3.65. The number of nitrogens with zero attached hydrogens (tertiary/aromatic N) is 2. The highest BCUT2D eigenvalue weighted by molar-refractivity contribution is 5.93. The molecule has 3 nitrogen and oxygen atoms in total. The third kappa shape index (κ3) is 3.24. The minimum absolute atomic E-state index is 0.185. The van der Waals surface area contributed by atoms with E-state index in [-0.39, 0.29) is 5.91 Å². The lowest BCUT2D eigenvalue weighted by molar-refractivity contribution is 0.0592. The quantitative estimate of drug-likeness (QED) is 0.845. The molecule has 0 radical (unpaired) electrons. The van der Waals surface area contributed by atoms with Gasteiger partial charge in [0.15, 0.2) is 0 Å². The molecule has 1 aliphatic heterocycles. The summed E-state index contributed by atoms with van der Waals surface area (Å²) in [4.78, 5) is 14.9. The van der Waals surface area contributed by atoms with Crippen LogP contribution in [0.5, 0.6) is 0 Å². The average molecular weight is 296 g/mol. The highest BCUT2D eigenvalue weighted by Crippen LogP contribution is 2.23. The molecule has 3 heteroatoms. The summed E-state index contributed by atoms with van der Waals surface area (Å²) in [5.41, 5.74) is 2.16. The normalized spacial score (nSPS) is 18.4. The number of carbonyl (C=O) groups excluding carboxylic acids is 1. The Labute approximate surface area is 132 Å². The third-order valence-electron chi connectivity index (χ3n) is 4.66.